The zero-order chi connectivity index (χ0) is 29.4. The van der Waals surface area contributed by atoms with E-state index in [1.54, 1.807) is 18.3 Å². The highest BCUT2D eigenvalue weighted by molar-refractivity contribution is 6.04. The van der Waals surface area contributed by atoms with Gasteiger partial charge in [0.25, 0.3) is 5.91 Å². The van der Waals surface area contributed by atoms with E-state index in [1.807, 2.05) is 41.8 Å². The topological polar surface area (TPSA) is 183 Å². The van der Waals surface area contributed by atoms with Crippen LogP contribution in [0.5, 0.6) is 5.75 Å². The Morgan fingerprint density at radius 3 is 2.43 bits per heavy atom. The summed E-state index contributed by atoms with van der Waals surface area (Å²) in [5, 5.41) is 14.0. The van der Waals surface area contributed by atoms with Crippen LogP contribution in [-0.4, -0.2) is 90.3 Å². The van der Waals surface area contributed by atoms with E-state index in [1.165, 1.54) is 4.52 Å². The van der Waals surface area contributed by atoms with E-state index >= 15 is 0 Å². The molecule has 6 rings (SSSR count). The number of carboxylic acid groups (broad SMARTS) is 1. The summed E-state index contributed by atoms with van der Waals surface area (Å²) in [5.41, 5.74) is 15.9. The fraction of sp³-hybridized carbons (Fsp3) is 0.286. The van der Waals surface area contributed by atoms with Gasteiger partial charge >= 0.3 is 5.97 Å². The number of aromatic nitrogens is 6. The average molecular weight is 571 g/mol. The van der Waals surface area contributed by atoms with Crippen LogP contribution in [0.3, 0.4) is 0 Å². The summed E-state index contributed by atoms with van der Waals surface area (Å²) in [7, 11) is 0. The monoisotopic (exact) mass is 570 g/mol. The molecule has 0 atom stereocenters. The first kappa shape index (κ1) is 27.0. The van der Waals surface area contributed by atoms with Gasteiger partial charge in [-0.2, -0.15) is 9.50 Å². The van der Waals surface area contributed by atoms with Crippen LogP contribution in [0.25, 0.3) is 28.2 Å². The van der Waals surface area contributed by atoms with Crippen molar-refractivity contribution in [3.8, 4) is 17.3 Å². The van der Waals surface area contributed by atoms with E-state index in [4.69, 9.17) is 26.3 Å². The molecular formula is C28H30N10O4. The van der Waals surface area contributed by atoms with Gasteiger partial charge < -0.3 is 30.8 Å². The fourth-order valence-electron chi connectivity index (χ4n) is 5.41. The summed E-state index contributed by atoms with van der Waals surface area (Å²) in [4.78, 5) is 41.6. The van der Waals surface area contributed by atoms with E-state index in [9.17, 15) is 9.59 Å². The lowest BCUT2D eigenvalue weighted by molar-refractivity contribution is -0.139. The van der Waals surface area contributed by atoms with E-state index in [0.717, 1.165) is 31.9 Å². The van der Waals surface area contributed by atoms with Crippen molar-refractivity contribution in [1.82, 2.24) is 34.0 Å². The van der Waals surface area contributed by atoms with E-state index in [-0.39, 0.29) is 12.6 Å². The number of nitrogens with two attached hydrogens (primary N) is 2. The molecule has 4 aromatic heterocycles. The van der Waals surface area contributed by atoms with Crippen LogP contribution in [0, 0.1) is 6.92 Å². The second kappa shape index (κ2) is 11.0. The molecular weight excluding hydrogens is 540 g/mol. The maximum Gasteiger partial charge on any atom is 0.341 e. The number of amides is 1. The molecule has 0 bridgehead atoms. The molecule has 216 valence electrons. The van der Waals surface area contributed by atoms with Gasteiger partial charge in [-0.25, -0.2) is 9.78 Å². The quantitative estimate of drug-likeness (QED) is 0.233. The first-order chi connectivity index (χ1) is 20.3. The molecule has 1 amide bonds. The van der Waals surface area contributed by atoms with Crippen molar-refractivity contribution in [2.75, 3.05) is 50.0 Å². The Morgan fingerprint density at radius 1 is 1.00 bits per heavy atom. The third-order valence-corrected chi connectivity index (χ3v) is 7.45. The molecule has 0 radical (unpaired) electrons. The molecule has 5 heterocycles. The number of pyridine rings is 1. The maximum absolute atomic E-state index is 12.6. The number of carboxylic acids is 1. The van der Waals surface area contributed by atoms with Gasteiger partial charge in [0, 0.05) is 51.2 Å². The Labute approximate surface area is 240 Å². The first-order valence-corrected chi connectivity index (χ1v) is 13.5. The first-order valence-electron chi connectivity index (χ1n) is 13.5. The SMILES string of the molecule is Cc1c(C(N)=O)n(CCN2CCN(c3ccc(OCC(=O)O)cc3)CC2)c2nc(N)n3nc(-c4ccccn4)nc3c12. The summed E-state index contributed by atoms with van der Waals surface area (Å²) < 4.78 is 8.53. The lowest BCUT2D eigenvalue weighted by atomic mass is 10.2. The number of nitrogen functional groups attached to an aromatic ring is 1. The van der Waals surface area contributed by atoms with Crippen LogP contribution in [0.15, 0.2) is 48.7 Å². The maximum atomic E-state index is 12.6. The van der Waals surface area contributed by atoms with Gasteiger partial charge in [0.15, 0.2) is 12.3 Å². The molecule has 0 unspecified atom stereocenters. The Balaban J connectivity index is 1.20. The smallest absolute Gasteiger partial charge is 0.341 e. The zero-order valence-electron chi connectivity index (χ0n) is 23.0. The second-order valence-corrected chi connectivity index (χ2v) is 10.0. The fourth-order valence-corrected chi connectivity index (χ4v) is 5.41. The Morgan fingerprint density at radius 2 is 1.76 bits per heavy atom. The van der Waals surface area contributed by atoms with E-state index < -0.39 is 11.9 Å². The highest BCUT2D eigenvalue weighted by Gasteiger charge is 2.26. The van der Waals surface area contributed by atoms with Crippen molar-refractivity contribution in [2.24, 2.45) is 5.73 Å². The molecule has 0 saturated carbocycles. The zero-order valence-corrected chi connectivity index (χ0v) is 23.0. The molecule has 14 nitrogen and oxygen atoms in total. The van der Waals surface area contributed by atoms with Crippen molar-refractivity contribution in [1.29, 1.82) is 0 Å². The van der Waals surface area contributed by atoms with Gasteiger partial charge in [-0.05, 0) is 48.9 Å². The van der Waals surface area contributed by atoms with Gasteiger partial charge in [-0.15, -0.1) is 5.10 Å². The normalized spacial score (nSPS) is 14.1. The van der Waals surface area contributed by atoms with Crippen molar-refractivity contribution >= 4 is 40.2 Å². The molecule has 0 aliphatic carbocycles. The minimum atomic E-state index is -1.01. The lowest BCUT2D eigenvalue weighted by Crippen LogP contribution is -2.47. The largest absolute Gasteiger partial charge is 0.482 e. The van der Waals surface area contributed by atoms with Gasteiger partial charge in [-0.1, -0.05) is 6.07 Å². The van der Waals surface area contributed by atoms with Crippen molar-refractivity contribution in [2.45, 2.75) is 13.5 Å². The van der Waals surface area contributed by atoms with Gasteiger partial charge in [0.2, 0.25) is 11.8 Å². The van der Waals surface area contributed by atoms with E-state index in [2.05, 4.69) is 24.9 Å². The molecule has 1 fully saturated rings. The predicted molar refractivity (Wildman–Crippen MR) is 155 cm³/mol. The number of piperazine rings is 1. The number of anilines is 2. The van der Waals surface area contributed by atoms with Crippen LogP contribution in [0.2, 0.25) is 0 Å². The number of ether oxygens (including phenoxy) is 1. The molecule has 1 saturated heterocycles. The van der Waals surface area contributed by atoms with Gasteiger partial charge in [0.05, 0.1) is 5.39 Å². The van der Waals surface area contributed by atoms with Crippen molar-refractivity contribution < 1.29 is 19.4 Å². The van der Waals surface area contributed by atoms with Crippen LogP contribution in [0.1, 0.15) is 16.1 Å². The minimum absolute atomic E-state index is 0.148. The number of hydrogen-bond acceptors (Lipinski definition) is 10. The number of aryl methyl sites for hydroxylation is 1. The Hall–Kier alpha value is -5.24. The van der Waals surface area contributed by atoms with Crippen molar-refractivity contribution in [3.63, 3.8) is 0 Å². The van der Waals surface area contributed by atoms with Crippen molar-refractivity contribution in [3.05, 3.63) is 59.9 Å². The lowest BCUT2D eigenvalue weighted by Gasteiger charge is -2.36. The minimum Gasteiger partial charge on any atom is -0.482 e. The third kappa shape index (κ3) is 5.03. The van der Waals surface area contributed by atoms with Gasteiger partial charge in [-0.3, -0.25) is 14.7 Å². The molecule has 5 aromatic rings. The summed E-state index contributed by atoms with van der Waals surface area (Å²) in [6.45, 7) is 5.89. The highest BCUT2D eigenvalue weighted by Crippen LogP contribution is 2.30. The molecule has 0 spiro atoms. The molecule has 1 aromatic carbocycles. The number of hydrogen-bond donors (Lipinski definition) is 3. The van der Waals surface area contributed by atoms with E-state index in [0.29, 0.717) is 58.3 Å². The molecule has 1 aliphatic heterocycles. The number of carbonyl (C=O) groups excluding carboxylic acids is 1. The summed E-state index contributed by atoms with van der Waals surface area (Å²) >= 11 is 0. The molecule has 5 N–H and O–H groups in total. The van der Waals surface area contributed by atoms with Crippen LogP contribution in [0.4, 0.5) is 11.6 Å². The average Bonchev–Trinajstić information content (AvgIpc) is 3.56. The summed E-state index contributed by atoms with van der Waals surface area (Å²) in [6.07, 6.45) is 1.67. The Bertz CT molecular complexity index is 1770. The molecule has 42 heavy (non-hydrogen) atoms. The summed E-state index contributed by atoms with van der Waals surface area (Å²) in [5.74, 6) is -0.487. The molecule has 14 heteroatoms. The van der Waals surface area contributed by atoms with Crippen LogP contribution < -0.4 is 21.1 Å². The number of benzene rings is 1. The number of nitrogens with zero attached hydrogens (tertiary/aromatic N) is 8. The predicted octanol–water partition coefficient (Wildman–Crippen LogP) is 1.42. The molecule has 1 aliphatic rings. The highest BCUT2D eigenvalue weighted by atomic mass is 16.5. The number of fused-ring (bicyclic) bond motifs is 3. The van der Waals surface area contributed by atoms with Gasteiger partial charge in [0.1, 0.15) is 22.8 Å². The number of primary amides is 1. The second-order valence-electron chi connectivity index (χ2n) is 10.0. The number of rotatable bonds is 9. The summed E-state index contributed by atoms with van der Waals surface area (Å²) in [6, 6.07) is 12.9. The van der Waals surface area contributed by atoms with Crippen LogP contribution in [-0.2, 0) is 11.3 Å². The Kier molecular flexibility index (Phi) is 7.04. The van der Waals surface area contributed by atoms with Crippen LogP contribution >= 0.6 is 0 Å². The third-order valence-electron chi connectivity index (χ3n) is 7.45. The standard InChI is InChI=1S/C28H30N10O4/c1-17-22-26(33-28(30)38-27(22)32-25(34-38)20-4-2-3-9-31-20)37(23(17)24(29)41)15-12-35-10-13-36(14-11-35)18-5-7-19(8-6-18)42-16-21(39)40/h2-9H,10-16H2,1H3,(H2,29,41)(H2,30,33)(H,39,40). The number of carbonyl (C=O) groups is 2. The number of aliphatic carboxylic acids is 1.